The lowest BCUT2D eigenvalue weighted by atomic mass is 10.0. The van der Waals surface area contributed by atoms with Gasteiger partial charge in [-0.3, -0.25) is 9.59 Å². The third kappa shape index (κ3) is 6.15. The monoisotopic (exact) mass is 498 g/mol. The van der Waals surface area contributed by atoms with Gasteiger partial charge in [0.05, 0.1) is 19.4 Å². The molecule has 0 spiro atoms. The SMILES string of the molecule is C[Si](C)(CCCC(=O)c1ccc(C(=O)Nc2cc(-c3cccs3)ccc2N)cc1)c1ccccc1. The van der Waals surface area contributed by atoms with Crippen molar-refractivity contribution in [2.75, 3.05) is 11.1 Å². The zero-order valence-corrected chi connectivity index (χ0v) is 21.9. The molecule has 0 aliphatic rings. The van der Waals surface area contributed by atoms with Gasteiger partial charge in [-0.05, 0) is 47.7 Å². The number of hydrogen-bond donors (Lipinski definition) is 2. The minimum absolute atomic E-state index is 0.114. The van der Waals surface area contributed by atoms with Crippen LogP contribution in [0.2, 0.25) is 19.1 Å². The Balaban J connectivity index is 1.35. The Bertz CT molecular complexity index is 1300. The molecule has 4 nitrogen and oxygen atoms in total. The molecule has 6 heteroatoms. The van der Waals surface area contributed by atoms with E-state index >= 15 is 0 Å². The molecule has 0 bridgehead atoms. The Labute approximate surface area is 211 Å². The first-order valence-electron chi connectivity index (χ1n) is 11.8. The zero-order chi connectivity index (χ0) is 24.8. The maximum absolute atomic E-state index is 12.8. The molecule has 3 N–H and O–H groups in total. The smallest absolute Gasteiger partial charge is 0.255 e. The molecule has 4 aromatic rings. The summed E-state index contributed by atoms with van der Waals surface area (Å²) >= 11 is 1.63. The molecule has 178 valence electrons. The number of carbonyl (C=O) groups excluding carboxylic acids is 2. The number of rotatable bonds is 9. The van der Waals surface area contributed by atoms with Gasteiger partial charge in [0.2, 0.25) is 0 Å². The van der Waals surface area contributed by atoms with Gasteiger partial charge in [-0.15, -0.1) is 11.3 Å². The Morgan fingerprint density at radius 1 is 0.886 bits per heavy atom. The molecule has 3 aromatic carbocycles. The summed E-state index contributed by atoms with van der Waals surface area (Å²) in [4.78, 5) is 26.7. The summed E-state index contributed by atoms with van der Waals surface area (Å²) in [7, 11) is -1.55. The van der Waals surface area contributed by atoms with Crippen LogP contribution in [-0.2, 0) is 0 Å². The second-order valence-electron chi connectivity index (χ2n) is 9.34. The van der Waals surface area contributed by atoms with Gasteiger partial charge in [0.25, 0.3) is 5.91 Å². The molecular formula is C29H30N2O2SSi. The normalized spacial score (nSPS) is 11.3. The molecule has 0 atom stereocenters. The fraction of sp³-hybridized carbons (Fsp3) is 0.172. The van der Waals surface area contributed by atoms with Crippen molar-refractivity contribution >= 4 is 47.7 Å². The van der Waals surface area contributed by atoms with Crippen LogP contribution in [0.1, 0.15) is 33.6 Å². The Morgan fingerprint density at radius 3 is 2.29 bits per heavy atom. The van der Waals surface area contributed by atoms with Gasteiger partial charge in [0, 0.05) is 22.4 Å². The summed E-state index contributed by atoms with van der Waals surface area (Å²) in [6.07, 6.45) is 1.38. The molecule has 1 heterocycles. The van der Waals surface area contributed by atoms with Crippen LogP contribution in [0.25, 0.3) is 10.4 Å². The summed E-state index contributed by atoms with van der Waals surface area (Å²) < 4.78 is 0. The van der Waals surface area contributed by atoms with Gasteiger partial charge in [-0.25, -0.2) is 0 Å². The van der Waals surface area contributed by atoms with E-state index in [1.165, 1.54) is 5.19 Å². The van der Waals surface area contributed by atoms with Gasteiger partial charge in [0.1, 0.15) is 0 Å². The largest absolute Gasteiger partial charge is 0.397 e. The highest BCUT2D eigenvalue weighted by Gasteiger charge is 2.23. The maximum Gasteiger partial charge on any atom is 0.255 e. The van der Waals surface area contributed by atoms with E-state index < -0.39 is 8.07 Å². The first-order valence-corrected chi connectivity index (χ1v) is 15.9. The van der Waals surface area contributed by atoms with Crippen LogP contribution < -0.4 is 16.2 Å². The molecule has 0 unspecified atom stereocenters. The number of Topliss-reactive ketones (excluding diaryl/α,β-unsaturated/α-hetero) is 1. The number of thiophene rings is 1. The van der Waals surface area contributed by atoms with Gasteiger partial charge in [0.15, 0.2) is 5.78 Å². The number of nitrogens with one attached hydrogen (secondary N) is 1. The van der Waals surface area contributed by atoms with Crippen LogP contribution >= 0.6 is 11.3 Å². The van der Waals surface area contributed by atoms with Crippen LogP contribution in [-0.4, -0.2) is 19.8 Å². The molecule has 0 aliphatic heterocycles. The van der Waals surface area contributed by atoms with Crippen LogP contribution in [0, 0.1) is 0 Å². The van der Waals surface area contributed by atoms with E-state index in [4.69, 9.17) is 5.73 Å². The molecule has 0 radical (unpaired) electrons. The average Bonchev–Trinajstić information content (AvgIpc) is 3.41. The topological polar surface area (TPSA) is 72.2 Å². The molecule has 0 fully saturated rings. The highest BCUT2D eigenvalue weighted by atomic mass is 32.1. The molecule has 0 aliphatic carbocycles. The lowest BCUT2D eigenvalue weighted by molar-refractivity contribution is 0.0978. The summed E-state index contributed by atoms with van der Waals surface area (Å²) in [6, 6.07) is 28.2. The quantitative estimate of drug-likeness (QED) is 0.151. The number of ketones is 1. The number of nitrogens with two attached hydrogens (primary N) is 1. The highest BCUT2D eigenvalue weighted by Crippen LogP contribution is 2.30. The predicted octanol–water partition coefficient (Wildman–Crippen LogP) is 6.83. The summed E-state index contributed by atoms with van der Waals surface area (Å²) in [5.74, 6) is -0.141. The van der Waals surface area contributed by atoms with Crippen molar-refractivity contribution in [3.63, 3.8) is 0 Å². The van der Waals surface area contributed by atoms with Crippen molar-refractivity contribution < 1.29 is 9.59 Å². The van der Waals surface area contributed by atoms with E-state index in [2.05, 4.69) is 42.7 Å². The fourth-order valence-electron chi connectivity index (χ4n) is 4.13. The summed E-state index contributed by atoms with van der Waals surface area (Å²) in [5, 5.41) is 6.34. The van der Waals surface area contributed by atoms with Crippen molar-refractivity contribution in [3.8, 4) is 10.4 Å². The molecule has 4 rings (SSSR count). The van der Waals surface area contributed by atoms with Gasteiger partial charge < -0.3 is 11.1 Å². The number of amides is 1. The third-order valence-corrected chi connectivity index (χ3v) is 10.8. The number of anilines is 2. The summed E-state index contributed by atoms with van der Waals surface area (Å²) in [6.45, 7) is 4.70. The average molecular weight is 499 g/mol. The first kappa shape index (κ1) is 24.6. The molecule has 1 amide bonds. The zero-order valence-electron chi connectivity index (χ0n) is 20.1. The van der Waals surface area contributed by atoms with Gasteiger partial charge >= 0.3 is 0 Å². The fourth-order valence-corrected chi connectivity index (χ4v) is 7.30. The van der Waals surface area contributed by atoms with Crippen molar-refractivity contribution in [1.29, 1.82) is 0 Å². The standard InChI is InChI=1S/C29H30N2O2SSi/c1-35(2,24-8-4-3-5-9-24)19-7-10-27(32)21-12-14-22(15-13-21)29(33)31-26-20-23(16-17-25(26)30)28-11-6-18-34-28/h3-6,8-9,11-18,20H,7,10,19,30H2,1-2H3,(H,31,33). The van der Waals surface area contributed by atoms with Crippen molar-refractivity contribution in [2.24, 2.45) is 0 Å². The number of hydrogen-bond acceptors (Lipinski definition) is 4. The van der Waals surface area contributed by atoms with Crippen molar-refractivity contribution in [1.82, 2.24) is 0 Å². The van der Waals surface area contributed by atoms with E-state index in [-0.39, 0.29) is 11.7 Å². The highest BCUT2D eigenvalue weighted by molar-refractivity contribution is 7.13. The Kier molecular flexibility index (Phi) is 7.63. The second kappa shape index (κ2) is 10.8. The second-order valence-corrected chi connectivity index (χ2v) is 15.1. The number of nitrogen functional groups attached to an aromatic ring is 1. The predicted molar refractivity (Wildman–Crippen MR) is 150 cm³/mol. The van der Waals surface area contributed by atoms with Gasteiger partial charge in [-0.1, -0.05) is 78.9 Å². The molecule has 0 saturated heterocycles. The Hall–Kier alpha value is -3.48. The Morgan fingerprint density at radius 2 is 1.60 bits per heavy atom. The first-order chi connectivity index (χ1) is 16.8. The van der Waals surface area contributed by atoms with E-state index in [0.717, 1.165) is 22.9 Å². The van der Waals surface area contributed by atoms with E-state index in [9.17, 15) is 9.59 Å². The van der Waals surface area contributed by atoms with E-state index in [0.29, 0.717) is 28.9 Å². The minimum Gasteiger partial charge on any atom is -0.397 e. The van der Waals surface area contributed by atoms with Crippen LogP contribution in [0.3, 0.4) is 0 Å². The van der Waals surface area contributed by atoms with Gasteiger partial charge in [-0.2, -0.15) is 0 Å². The van der Waals surface area contributed by atoms with E-state index in [1.54, 1.807) is 41.7 Å². The lowest BCUT2D eigenvalue weighted by Gasteiger charge is -2.22. The maximum atomic E-state index is 12.8. The van der Waals surface area contributed by atoms with E-state index in [1.807, 2.05) is 35.7 Å². The summed E-state index contributed by atoms with van der Waals surface area (Å²) in [5.41, 5.74) is 9.30. The third-order valence-electron chi connectivity index (χ3n) is 6.34. The molecule has 0 saturated carbocycles. The number of carbonyl (C=O) groups is 2. The number of benzene rings is 3. The van der Waals surface area contributed by atoms with Crippen LogP contribution in [0.15, 0.2) is 90.3 Å². The molecule has 1 aromatic heterocycles. The minimum atomic E-state index is -1.55. The van der Waals surface area contributed by atoms with Crippen molar-refractivity contribution in [2.45, 2.75) is 32.0 Å². The molecule has 35 heavy (non-hydrogen) atoms. The van der Waals surface area contributed by atoms with Crippen LogP contribution in [0.4, 0.5) is 11.4 Å². The van der Waals surface area contributed by atoms with Crippen molar-refractivity contribution in [3.05, 3.63) is 101 Å². The molecular weight excluding hydrogens is 468 g/mol. The lowest BCUT2D eigenvalue weighted by Crippen LogP contribution is -2.40. The van der Waals surface area contributed by atoms with Crippen LogP contribution in [0.5, 0.6) is 0 Å².